The fraction of sp³-hybridized carbons (Fsp3) is 0.571. The van der Waals surface area contributed by atoms with Crippen molar-refractivity contribution in [3.8, 4) is 0 Å². The average Bonchev–Trinajstić information content (AvgIpc) is 2.29. The van der Waals surface area contributed by atoms with E-state index in [1.165, 1.54) is 0 Å². The first-order valence-electron chi connectivity index (χ1n) is 5.99. The molecular weight excluding hydrogens is 214 g/mol. The molecule has 0 aliphatic heterocycles. The highest BCUT2D eigenvalue weighted by molar-refractivity contribution is 5.27. The van der Waals surface area contributed by atoms with Gasteiger partial charge >= 0.3 is 0 Å². The van der Waals surface area contributed by atoms with E-state index in [4.69, 9.17) is 4.74 Å². The lowest BCUT2D eigenvalue weighted by atomic mass is 10.0. The highest BCUT2D eigenvalue weighted by atomic mass is 16.5. The molecular formula is C14H23NO2. The maximum atomic E-state index is 10.2. The van der Waals surface area contributed by atoms with Crippen molar-refractivity contribution in [2.75, 3.05) is 27.3 Å². The molecule has 1 aromatic carbocycles. The lowest BCUT2D eigenvalue weighted by molar-refractivity contribution is 0.0707. The summed E-state index contributed by atoms with van der Waals surface area (Å²) in [5, 5.41) is 10.2. The zero-order valence-corrected chi connectivity index (χ0v) is 11.2. The van der Waals surface area contributed by atoms with Crippen LogP contribution >= 0.6 is 0 Å². The topological polar surface area (TPSA) is 32.7 Å². The van der Waals surface area contributed by atoms with Crippen LogP contribution in [0.2, 0.25) is 0 Å². The lowest BCUT2D eigenvalue weighted by Gasteiger charge is -2.27. The van der Waals surface area contributed by atoms with E-state index < -0.39 is 6.10 Å². The van der Waals surface area contributed by atoms with Crippen LogP contribution in [0.4, 0.5) is 0 Å². The third kappa shape index (κ3) is 4.11. The Bertz CT molecular complexity index is 341. The number of aryl methyl sites for hydroxylation is 1. The molecule has 0 heterocycles. The molecule has 3 heteroatoms. The predicted octanol–water partition coefficient (Wildman–Crippen LogP) is 2.00. The van der Waals surface area contributed by atoms with Gasteiger partial charge in [-0.05, 0) is 32.0 Å². The Morgan fingerprint density at radius 3 is 2.59 bits per heavy atom. The molecule has 1 N–H and O–H groups in total. The Hall–Kier alpha value is -0.900. The minimum Gasteiger partial charge on any atom is -0.387 e. The molecule has 0 radical (unpaired) electrons. The largest absolute Gasteiger partial charge is 0.387 e. The minimum absolute atomic E-state index is 0.304. The van der Waals surface area contributed by atoms with Gasteiger partial charge in [-0.1, -0.05) is 24.3 Å². The molecule has 17 heavy (non-hydrogen) atoms. The van der Waals surface area contributed by atoms with Gasteiger partial charge in [0.25, 0.3) is 0 Å². The number of benzene rings is 1. The fourth-order valence-corrected chi connectivity index (χ4v) is 1.88. The molecule has 0 saturated carbocycles. The van der Waals surface area contributed by atoms with E-state index in [1.807, 2.05) is 38.2 Å². The highest BCUT2D eigenvalue weighted by Gasteiger charge is 2.16. The van der Waals surface area contributed by atoms with Gasteiger partial charge in [0.05, 0.1) is 12.7 Å². The van der Waals surface area contributed by atoms with Gasteiger partial charge in [-0.2, -0.15) is 0 Å². The Morgan fingerprint density at radius 1 is 1.35 bits per heavy atom. The highest BCUT2D eigenvalue weighted by Crippen LogP contribution is 2.18. The van der Waals surface area contributed by atoms with Gasteiger partial charge in [0, 0.05) is 19.7 Å². The second-order valence-corrected chi connectivity index (χ2v) is 4.62. The molecule has 3 nitrogen and oxygen atoms in total. The second kappa shape index (κ2) is 6.74. The monoisotopic (exact) mass is 237 g/mol. The van der Waals surface area contributed by atoms with Crippen LogP contribution in [0.1, 0.15) is 24.2 Å². The molecule has 0 fully saturated rings. The molecule has 2 atom stereocenters. The zero-order chi connectivity index (χ0) is 12.8. The molecule has 96 valence electrons. The van der Waals surface area contributed by atoms with Crippen molar-refractivity contribution in [2.24, 2.45) is 0 Å². The van der Waals surface area contributed by atoms with Crippen LogP contribution in [0.25, 0.3) is 0 Å². The lowest BCUT2D eigenvalue weighted by Crippen LogP contribution is -2.36. The SMILES string of the molecule is COCC(C)N(C)CC(O)c1ccccc1C. The minimum atomic E-state index is -0.444. The van der Waals surface area contributed by atoms with Gasteiger partial charge in [0.15, 0.2) is 0 Å². The summed E-state index contributed by atoms with van der Waals surface area (Å²) in [6.45, 7) is 5.41. The number of hydrogen-bond donors (Lipinski definition) is 1. The van der Waals surface area contributed by atoms with Gasteiger partial charge in [-0.15, -0.1) is 0 Å². The third-order valence-corrected chi connectivity index (χ3v) is 3.17. The maximum Gasteiger partial charge on any atom is 0.0919 e. The van der Waals surface area contributed by atoms with Crippen molar-refractivity contribution in [3.63, 3.8) is 0 Å². The maximum absolute atomic E-state index is 10.2. The molecule has 0 bridgehead atoms. The fourth-order valence-electron chi connectivity index (χ4n) is 1.88. The number of hydrogen-bond acceptors (Lipinski definition) is 3. The van der Waals surface area contributed by atoms with Crippen molar-refractivity contribution in [1.82, 2.24) is 4.90 Å². The van der Waals surface area contributed by atoms with E-state index in [0.717, 1.165) is 11.1 Å². The van der Waals surface area contributed by atoms with Crippen molar-refractivity contribution in [1.29, 1.82) is 0 Å². The van der Waals surface area contributed by atoms with Crippen LogP contribution in [0.5, 0.6) is 0 Å². The summed E-state index contributed by atoms with van der Waals surface area (Å²) in [5.74, 6) is 0. The van der Waals surface area contributed by atoms with Crippen molar-refractivity contribution in [2.45, 2.75) is 26.0 Å². The summed E-state index contributed by atoms with van der Waals surface area (Å²) in [6.07, 6.45) is -0.444. The number of methoxy groups -OCH3 is 1. The smallest absolute Gasteiger partial charge is 0.0919 e. The summed E-state index contributed by atoms with van der Waals surface area (Å²) in [7, 11) is 3.70. The van der Waals surface area contributed by atoms with E-state index in [0.29, 0.717) is 19.2 Å². The van der Waals surface area contributed by atoms with Crippen molar-refractivity contribution >= 4 is 0 Å². The quantitative estimate of drug-likeness (QED) is 0.821. The van der Waals surface area contributed by atoms with E-state index in [-0.39, 0.29) is 0 Å². The van der Waals surface area contributed by atoms with Crippen molar-refractivity contribution in [3.05, 3.63) is 35.4 Å². The van der Waals surface area contributed by atoms with Gasteiger partial charge in [-0.3, -0.25) is 4.90 Å². The Morgan fingerprint density at radius 2 is 2.00 bits per heavy atom. The van der Waals surface area contributed by atoms with Crippen LogP contribution in [0, 0.1) is 6.92 Å². The molecule has 0 spiro atoms. The number of aliphatic hydroxyl groups is 1. The molecule has 1 aromatic rings. The van der Waals surface area contributed by atoms with Crippen LogP contribution in [-0.4, -0.2) is 43.4 Å². The Kier molecular flexibility index (Phi) is 5.62. The van der Waals surface area contributed by atoms with E-state index >= 15 is 0 Å². The predicted molar refractivity (Wildman–Crippen MR) is 70.1 cm³/mol. The summed E-state index contributed by atoms with van der Waals surface area (Å²) >= 11 is 0. The number of ether oxygens (including phenoxy) is 1. The molecule has 2 unspecified atom stereocenters. The molecule has 0 saturated heterocycles. The summed E-state index contributed by atoms with van der Waals surface area (Å²) < 4.78 is 5.11. The average molecular weight is 237 g/mol. The van der Waals surface area contributed by atoms with Crippen LogP contribution in [-0.2, 0) is 4.74 Å². The molecule has 1 rings (SSSR count). The summed E-state index contributed by atoms with van der Waals surface area (Å²) in [4.78, 5) is 2.11. The van der Waals surface area contributed by atoms with Gasteiger partial charge in [0.2, 0.25) is 0 Å². The standard InChI is InChI=1S/C14H23NO2/c1-11-7-5-6-8-13(11)14(16)9-15(3)12(2)10-17-4/h5-8,12,14,16H,9-10H2,1-4H3. The first-order chi connectivity index (χ1) is 8.06. The zero-order valence-electron chi connectivity index (χ0n) is 11.2. The summed E-state index contributed by atoms with van der Waals surface area (Å²) in [6, 6.07) is 8.26. The first kappa shape index (κ1) is 14.2. The first-order valence-corrected chi connectivity index (χ1v) is 5.99. The van der Waals surface area contributed by atoms with Gasteiger partial charge < -0.3 is 9.84 Å². The molecule has 0 aliphatic rings. The number of likely N-dealkylation sites (N-methyl/N-ethyl adjacent to an activating group) is 1. The normalized spacial score (nSPS) is 14.9. The number of rotatable bonds is 6. The molecule has 0 amide bonds. The Balaban J connectivity index is 2.60. The number of aliphatic hydroxyl groups excluding tert-OH is 1. The molecule has 0 aromatic heterocycles. The molecule has 0 aliphatic carbocycles. The summed E-state index contributed by atoms with van der Waals surface area (Å²) in [5.41, 5.74) is 2.14. The van der Waals surface area contributed by atoms with E-state index in [1.54, 1.807) is 7.11 Å². The van der Waals surface area contributed by atoms with Gasteiger partial charge in [-0.25, -0.2) is 0 Å². The van der Waals surface area contributed by atoms with E-state index in [9.17, 15) is 5.11 Å². The van der Waals surface area contributed by atoms with Crippen LogP contribution in [0.3, 0.4) is 0 Å². The Labute approximate surface area is 104 Å². The van der Waals surface area contributed by atoms with Gasteiger partial charge in [0.1, 0.15) is 0 Å². The van der Waals surface area contributed by atoms with Crippen LogP contribution < -0.4 is 0 Å². The van der Waals surface area contributed by atoms with Crippen LogP contribution in [0.15, 0.2) is 24.3 Å². The number of nitrogens with zero attached hydrogens (tertiary/aromatic N) is 1. The van der Waals surface area contributed by atoms with Crippen molar-refractivity contribution < 1.29 is 9.84 Å². The third-order valence-electron chi connectivity index (χ3n) is 3.17. The second-order valence-electron chi connectivity index (χ2n) is 4.62. The van der Waals surface area contributed by atoms with E-state index in [2.05, 4.69) is 11.8 Å².